The number of nitrogens with one attached hydrogen (secondary N) is 1. The monoisotopic (exact) mass is 287 g/mol. The second-order valence-electron chi connectivity index (χ2n) is 7.01. The lowest BCUT2D eigenvalue weighted by Gasteiger charge is -2.27. The molecule has 1 nitrogen and oxygen atoms in total. The minimum absolute atomic E-state index is 0.662. The summed E-state index contributed by atoms with van der Waals surface area (Å²) >= 11 is 0. The van der Waals surface area contributed by atoms with E-state index in [-0.39, 0.29) is 0 Å². The van der Waals surface area contributed by atoms with Crippen LogP contribution in [0.1, 0.15) is 68.6 Å². The van der Waals surface area contributed by atoms with Gasteiger partial charge in [-0.25, -0.2) is 0 Å². The zero-order valence-electron chi connectivity index (χ0n) is 14.3. The van der Waals surface area contributed by atoms with Gasteiger partial charge < -0.3 is 5.32 Å². The van der Waals surface area contributed by atoms with Crippen LogP contribution in [-0.2, 0) is 6.42 Å². The molecule has 1 heteroatoms. The Kier molecular flexibility index (Phi) is 6.76. The van der Waals surface area contributed by atoms with Crippen LogP contribution in [0, 0.1) is 19.8 Å². The Balaban J connectivity index is 1.95. The molecule has 1 aromatic rings. The highest BCUT2D eigenvalue weighted by Crippen LogP contribution is 2.28. The van der Waals surface area contributed by atoms with Gasteiger partial charge in [0.2, 0.25) is 0 Å². The average molecular weight is 287 g/mol. The highest BCUT2D eigenvalue weighted by molar-refractivity contribution is 5.30. The summed E-state index contributed by atoms with van der Waals surface area (Å²) in [5, 5.41) is 3.80. The van der Waals surface area contributed by atoms with Crippen molar-refractivity contribution in [2.24, 2.45) is 5.92 Å². The normalized spacial score (nSPS) is 17.9. The Hall–Kier alpha value is -0.820. The maximum atomic E-state index is 3.80. The van der Waals surface area contributed by atoms with Gasteiger partial charge in [0.25, 0.3) is 0 Å². The summed E-state index contributed by atoms with van der Waals surface area (Å²) in [6, 6.07) is 7.65. The molecule has 0 amide bonds. The van der Waals surface area contributed by atoms with Crippen molar-refractivity contribution in [3.8, 4) is 0 Å². The first-order chi connectivity index (χ1) is 10.2. The first-order valence-corrected chi connectivity index (χ1v) is 8.98. The molecule has 0 heterocycles. The first-order valence-electron chi connectivity index (χ1n) is 8.98. The summed E-state index contributed by atoms with van der Waals surface area (Å²) in [5.41, 5.74) is 4.34. The number of hydrogen-bond acceptors (Lipinski definition) is 1. The molecule has 1 N–H and O–H groups in total. The molecule has 1 atom stereocenters. The molecule has 1 aromatic carbocycles. The summed E-state index contributed by atoms with van der Waals surface area (Å²) in [7, 11) is 0. The van der Waals surface area contributed by atoms with Crippen LogP contribution in [0.5, 0.6) is 0 Å². The maximum Gasteiger partial charge on any atom is 0.0110 e. The molecule has 0 bridgehead atoms. The first kappa shape index (κ1) is 16.5. The molecule has 1 unspecified atom stereocenters. The van der Waals surface area contributed by atoms with Crippen molar-refractivity contribution < 1.29 is 0 Å². The van der Waals surface area contributed by atoms with Gasteiger partial charge in [-0.1, -0.05) is 57.2 Å². The third-order valence-corrected chi connectivity index (χ3v) is 5.08. The van der Waals surface area contributed by atoms with Crippen LogP contribution in [0.3, 0.4) is 0 Å². The van der Waals surface area contributed by atoms with Crippen LogP contribution >= 0.6 is 0 Å². The van der Waals surface area contributed by atoms with E-state index in [4.69, 9.17) is 0 Å². The average Bonchev–Trinajstić information content (AvgIpc) is 2.49. The van der Waals surface area contributed by atoms with E-state index >= 15 is 0 Å². The molecule has 21 heavy (non-hydrogen) atoms. The van der Waals surface area contributed by atoms with Gasteiger partial charge in [-0.3, -0.25) is 0 Å². The predicted octanol–water partition coefficient (Wildman–Crippen LogP) is 5.18. The lowest BCUT2D eigenvalue weighted by atomic mass is 9.83. The molecule has 2 rings (SSSR count). The van der Waals surface area contributed by atoms with E-state index in [1.807, 2.05) is 0 Å². The standard InChI is InChI=1S/C20H33N/c1-4-12-21-20(14-18-8-6-5-7-9-18)15-19-11-10-16(2)17(3)13-19/h10-11,13,18,20-21H,4-9,12,14-15H2,1-3H3. The highest BCUT2D eigenvalue weighted by atomic mass is 14.9. The van der Waals surface area contributed by atoms with E-state index in [2.05, 4.69) is 44.3 Å². The summed E-state index contributed by atoms with van der Waals surface area (Å²) in [6.45, 7) is 7.85. The van der Waals surface area contributed by atoms with Crippen molar-refractivity contribution in [1.29, 1.82) is 0 Å². The largest absolute Gasteiger partial charge is 0.314 e. The number of hydrogen-bond donors (Lipinski definition) is 1. The van der Waals surface area contributed by atoms with E-state index in [1.54, 1.807) is 0 Å². The van der Waals surface area contributed by atoms with E-state index in [9.17, 15) is 0 Å². The molecule has 1 saturated carbocycles. The lowest BCUT2D eigenvalue weighted by Crippen LogP contribution is -2.34. The molecule has 0 saturated heterocycles. The minimum Gasteiger partial charge on any atom is -0.314 e. The third-order valence-electron chi connectivity index (χ3n) is 5.08. The van der Waals surface area contributed by atoms with Crippen molar-refractivity contribution in [3.63, 3.8) is 0 Å². The van der Waals surface area contributed by atoms with E-state index < -0.39 is 0 Å². The topological polar surface area (TPSA) is 12.0 Å². The van der Waals surface area contributed by atoms with Gasteiger partial charge in [0.1, 0.15) is 0 Å². The Labute approximate surface area is 131 Å². The van der Waals surface area contributed by atoms with Crippen molar-refractivity contribution >= 4 is 0 Å². The van der Waals surface area contributed by atoms with Crippen molar-refractivity contribution in [2.45, 2.75) is 78.2 Å². The van der Waals surface area contributed by atoms with Gasteiger partial charge in [0.15, 0.2) is 0 Å². The SMILES string of the molecule is CCCNC(Cc1ccc(C)c(C)c1)CC1CCCCC1. The molecule has 118 valence electrons. The van der Waals surface area contributed by atoms with Crippen LogP contribution in [0.25, 0.3) is 0 Å². The fourth-order valence-corrected chi connectivity index (χ4v) is 3.63. The molecule has 0 aromatic heterocycles. The predicted molar refractivity (Wildman–Crippen MR) is 92.9 cm³/mol. The second-order valence-corrected chi connectivity index (χ2v) is 7.01. The molecule has 0 aliphatic heterocycles. The molecule has 1 fully saturated rings. The van der Waals surface area contributed by atoms with Crippen LogP contribution in [0.15, 0.2) is 18.2 Å². The number of rotatable bonds is 7. The molecule has 1 aliphatic carbocycles. The minimum atomic E-state index is 0.662. The van der Waals surface area contributed by atoms with Gasteiger partial charge in [0, 0.05) is 6.04 Å². The molecule has 0 radical (unpaired) electrons. The van der Waals surface area contributed by atoms with E-state index in [0.29, 0.717) is 6.04 Å². The zero-order chi connectivity index (χ0) is 15.1. The molecule has 1 aliphatic rings. The van der Waals surface area contributed by atoms with Crippen LogP contribution in [-0.4, -0.2) is 12.6 Å². The van der Waals surface area contributed by atoms with Gasteiger partial charge in [-0.05, 0) is 62.3 Å². The van der Waals surface area contributed by atoms with Gasteiger partial charge in [0.05, 0.1) is 0 Å². The van der Waals surface area contributed by atoms with Gasteiger partial charge >= 0.3 is 0 Å². The van der Waals surface area contributed by atoms with Crippen LogP contribution < -0.4 is 5.32 Å². The van der Waals surface area contributed by atoms with Gasteiger partial charge in [-0.15, -0.1) is 0 Å². The number of aryl methyl sites for hydroxylation is 2. The summed E-state index contributed by atoms with van der Waals surface area (Å²) < 4.78 is 0. The quantitative estimate of drug-likeness (QED) is 0.728. The maximum absolute atomic E-state index is 3.80. The smallest absolute Gasteiger partial charge is 0.0110 e. The van der Waals surface area contributed by atoms with Crippen molar-refractivity contribution in [2.75, 3.05) is 6.54 Å². The summed E-state index contributed by atoms with van der Waals surface area (Å²) in [4.78, 5) is 0. The fourth-order valence-electron chi connectivity index (χ4n) is 3.63. The number of benzene rings is 1. The fraction of sp³-hybridized carbons (Fsp3) is 0.700. The Morgan fingerprint density at radius 2 is 1.86 bits per heavy atom. The summed E-state index contributed by atoms with van der Waals surface area (Å²) in [6.07, 6.45) is 11.1. The van der Waals surface area contributed by atoms with Crippen LogP contribution in [0.2, 0.25) is 0 Å². The van der Waals surface area contributed by atoms with E-state index in [1.165, 1.54) is 68.1 Å². The Morgan fingerprint density at radius 3 is 2.52 bits per heavy atom. The second kappa shape index (κ2) is 8.58. The highest BCUT2D eigenvalue weighted by Gasteiger charge is 2.19. The molecule has 0 spiro atoms. The third kappa shape index (κ3) is 5.47. The van der Waals surface area contributed by atoms with Crippen LogP contribution in [0.4, 0.5) is 0 Å². The lowest BCUT2D eigenvalue weighted by molar-refractivity contribution is 0.296. The van der Waals surface area contributed by atoms with Gasteiger partial charge in [-0.2, -0.15) is 0 Å². The Bertz CT molecular complexity index is 418. The summed E-state index contributed by atoms with van der Waals surface area (Å²) in [5.74, 6) is 0.958. The molecular weight excluding hydrogens is 254 g/mol. The van der Waals surface area contributed by atoms with Crippen molar-refractivity contribution in [3.05, 3.63) is 34.9 Å². The van der Waals surface area contributed by atoms with E-state index in [0.717, 1.165) is 12.5 Å². The molecular formula is C20H33N. The zero-order valence-corrected chi connectivity index (χ0v) is 14.3. The Morgan fingerprint density at radius 1 is 1.10 bits per heavy atom. The van der Waals surface area contributed by atoms with Crippen molar-refractivity contribution in [1.82, 2.24) is 5.32 Å².